The van der Waals surface area contributed by atoms with Crippen molar-refractivity contribution in [1.82, 2.24) is 10.2 Å². The molecule has 0 unspecified atom stereocenters. The Balaban J connectivity index is 1.80. The van der Waals surface area contributed by atoms with Crippen LogP contribution >= 0.6 is 34.9 Å². The molecule has 0 aliphatic rings. The van der Waals surface area contributed by atoms with E-state index in [1.54, 1.807) is 36.4 Å². The van der Waals surface area contributed by atoms with Crippen LogP contribution in [0.5, 0.6) is 0 Å². The largest absolute Gasteiger partial charge is 0.468 e. The van der Waals surface area contributed by atoms with Gasteiger partial charge in [-0.1, -0.05) is 40.8 Å². The molecule has 2 aromatic carbocycles. The summed E-state index contributed by atoms with van der Waals surface area (Å²) in [5.41, 5.74) is 1.32. The van der Waals surface area contributed by atoms with Gasteiger partial charge < -0.3 is 4.74 Å². The second-order valence-electron chi connectivity index (χ2n) is 6.81. The molecule has 3 rings (SSSR count). The van der Waals surface area contributed by atoms with Crippen LogP contribution < -0.4 is 9.62 Å². The minimum absolute atomic E-state index is 0.0633. The lowest BCUT2D eigenvalue weighted by atomic mass is 10.2. The Labute approximate surface area is 210 Å². The minimum atomic E-state index is -4.02. The lowest BCUT2D eigenvalue weighted by molar-refractivity contribution is -0.137. The number of benzene rings is 2. The van der Waals surface area contributed by atoms with E-state index < -0.39 is 28.4 Å². The van der Waals surface area contributed by atoms with E-state index in [2.05, 4.69) is 20.3 Å². The second kappa shape index (κ2) is 11.7. The lowest BCUT2D eigenvalue weighted by Gasteiger charge is -2.24. The van der Waals surface area contributed by atoms with Gasteiger partial charge in [-0.25, -0.2) is 8.42 Å². The molecule has 0 aliphatic carbocycles. The van der Waals surface area contributed by atoms with E-state index in [-0.39, 0.29) is 15.8 Å². The average molecular weight is 539 g/mol. The van der Waals surface area contributed by atoms with Crippen LogP contribution in [0.3, 0.4) is 0 Å². The molecule has 1 aromatic heterocycles. The Hall–Kier alpha value is -2.61. The number of nitrogens with zero attached hydrogens (tertiary/aromatic N) is 3. The first kappa shape index (κ1) is 26.0. The zero-order valence-corrected chi connectivity index (χ0v) is 21.8. The molecule has 0 aliphatic heterocycles. The lowest BCUT2D eigenvalue weighted by Crippen LogP contribution is -2.38. The van der Waals surface area contributed by atoms with Crippen molar-refractivity contribution in [3.05, 3.63) is 54.1 Å². The van der Waals surface area contributed by atoms with E-state index in [9.17, 15) is 18.0 Å². The van der Waals surface area contributed by atoms with E-state index in [4.69, 9.17) is 0 Å². The van der Waals surface area contributed by atoms with Crippen LogP contribution in [0.25, 0.3) is 0 Å². The number of hydrogen-bond acceptors (Lipinski definition) is 10. The number of methoxy groups -OCH3 is 1. The van der Waals surface area contributed by atoms with Gasteiger partial charge in [0.25, 0.3) is 10.0 Å². The fourth-order valence-corrected chi connectivity index (χ4v) is 6.12. The minimum Gasteiger partial charge on any atom is -0.468 e. The maximum absolute atomic E-state index is 13.5. The predicted octanol–water partition coefficient (Wildman–Crippen LogP) is 3.67. The summed E-state index contributed by atoms with van der Waals surface area (Å²) in [6.07, 6.45) is 1.90. The standard InChI is InChI=1S/C21H22N4O5S4/c1-14-4-6-15(7-5-14)25(34(28,29)17-10-8-16(31-3)9-11-17)12-18(26)22-20-23-24-21(33-20)32-13-19(27)30-2/h4-11H,12-13H2,1-3H3,(H,22,23,26). The monoisotopic (exact) mass is 538 g/mol. The Bertz CT molecular complexity index is 1240. The summed E-state index contributed by atoms with van der Waals surface area (Å²) >= 11 is 3.71. The van der Waals surface area contributed by atoms with Crippen molar-refractivity contribution in [3.8, 4) is 0 Å². The van der Waals surface area contributed by atoms with Gasteiger partial charge in [-0.3, -0.25) is 19.2 Å². The molecule has 1 N–H and O–H groups in total. The molecule has 0 saturated carbocycles. The fourth-order valence-electron chi connectivity index (χ4n) is 2.69. The van der Waals surface area contributed by atoms with Crippen LogP contribution in [0.2, 0.25) is 0 Å². The number of ether oxygens (including phenoxy) is 1. The summed E-state index contributed by atoms with van der Waals surface area (Å²) in [7, 11) is -2.73. The van der Waals surface area contributed by atoms with Crippen LogP contribution in [0.1, 0.15) is 5.56 Å². The second-order valence-corrected chi connectivity index (χ2v) is 11.8. The van der Waals surface area contributed by atoms with Crippen molar-refractivity contribution in [2.75, 3.05) is 35.3 Å². The highest BCUT2D eigenvalue weighted by Gasteiger charge is 2.27. The first-order valence-corrected chi connectivity index (χ1v) is 14.3. The third kappa shape index (κ3) is 6.72. The first-order chi connectivity index (χ1) is 16.2. The molecular weight excluding hydrogens is 517 g/mol. The molecule has 13 heteroatoms. The van der Waals surface area contributed by atoms with Gasteiger partial charge in [-0.05, 0) is 49.6 Å². The number of sulfonamides is 1. The fraction of sp³-hybridized carbons (Fsp3) is 0.238. The van der Waals surface area contributed by atoms with Crippen molar-refractivity contribution in [1.29, 1.82) is 0 Å². The highest BCUT2D eigenvalue weighted by Crippen LogP contribution is 2.27. The van der Waals surface area contributed by atoms with Gasteiger partial charge >= 0.3 is 5.97 Å². The summed E-state index contributed by atoms with van der Waals surface area (Å²) in [4.78, 5) is 25.1. The van der Waals surface area contributed by atoms with Gasteiger partial charge in [0.05, 0.1) is 23.4 Å². The molecule has 1 amide bonds. The molecule has 0 bridgehead atoms. The van der Waals surface area contributed by atoms with Gasteiger partial charge in [0, 0.05) is 4.90 Å². The molecule has 9 nitrogen and oxygen atoms in total. The van der Waals surface area contributed by atoms with E-state index >= 15 is 0 Å². The van der Waals surface area contributed by atoms with Gasteiger partial charge in [0.2, 0.25) is 11.0 Å². The molecule has 34 heavy (non-hydrogen) atoms. The molecule has 0 fully saturated rings. The molecule has 1 heterocycles. The Kier molecular flexibility index (Phi) is 8.94. The summed E-state index contributed by atoms with van der Waals surface area (Å²) in [5, 5.41) is 10.6. The number of aromatic nitrogens is 2. The summed E-state index contributed by atoms with van der Waals surface area (Å²) in [6, 6.07) is 13.4. The number of hydrogen-bond donors (Lipinski definition) is 1. The van der Waals surface area contributed by atoms with E-state index in [1.807, 2.05) is 13.2 Å². The van der Waals surface area contributed by atoms with E-state index in [0.29, 0.717) is 10.0 Å². The molecule has 0 atom stereocenters. The number of esters is 1. The van der Waals surface area contributed by atoms with Gasteiger partial charge in [0.1, 0.15) is 6.54 Å². The number of nitrogens with one attached hydrogen (secondary N) is 1. The van der Waals surface area contributed by atoms with Crippen molar-refractivity contribution >= 4 is 67.6 Å². The van der Waals surface area contributed by atoms with Crippen LogP contribution in [-0.2, 0) is 24.3 Å². The number of carbonyl (C=O) groups excluding carboxylic acids is 2. The highest BCUT2D eigenvalue weighted by atomic mass is 32.2. The summed E-state index contributed by atoms with van der Waals surface area (Å²) < 4.78 is 33.0. The molecule has 0 radical (unpaired) electrons. The number of amides is 1. The van der Waals surface area contributed by atoms with E-state index in [1.165, 1.54) is 31.0 Å². The van der Waals surface area contributed by atoms with Gasteiger partial charge in [-0.15, -0.1) is 22.0 Å². The molecule has 0 spiro atoms. The van der Waals surface area contributed by atoms with Crippen molar-refractivity contribution in [3.63, 3.8) is 0 Å². The number of aryl methyl sites for hydroxylation is 1. The smallest absolute Gasteiger partial charge is 0.316 e. The Morgan fingerprint density at radius 1 is 1.09 bits per heavy atom. The molecule has 0 saturated heterocycles. The maximum atomic E-state index is 13.5. The predicted molar refractivity (Wildman–Crippen MR) is 135 cm³/mol. The number of rotatable bonds is 10. The van der Waals surface area contributed by atoms with Crippen molar-refractivity contribution < 1.29 is 22.7 Å². The Morgan fingerprint density at radius 2 is 1.76 bits per heavy atom. The molecular formula is C21H22N4O5S4. The highest BCUT2D eigenvalue weighted by molar-refractivity contribution is 8.01. The third-order valence-corrected chi connectivity index (χ3v) is 8.93. The normalized spacial score (nSPS) is 11.1. The zero-order valence-electron chi connectivity index (χ0n) is 18.5. The average Bonchev–Trinajstić information content (AvgIpc) is 3.28. The zero-order chi connectivity index (χ0) is 24.7. The molecule has 180 valence electrons. The van der Waals surface area contributed by atoms with Gasteiger partial charge in [-0.2, -0.15) is 0 Å². The van der Waals surface area contributed by atoms with Crippen molar-refractivity contribution in [2.24, 2.45) is 0 Å². The quantitative estimate of drug-likeness (QED) is 0.234. The van der Waals surface area contributed by atoms with Crippen molar-refractivity contribution in [2.45, 2.75) is 21.1 Å². The van der Waals surface area contributed by atoms with Crippen LogP contribution in [0.15, 0.2) is 62.7 Å². The number of carbonyl (C=O) groups is 2. The summed E-state index contributed by atoms with van der Waals surface area (Å²) in [5.74, 6) is -0.922. The Morgan fingerprint density at radius 3 is 2.38 bits per heavy atom. The van der Waals surface area contributed by atoms with Crippen LogP contribution in [0.4, 0.5) is 10.8 Å². The van der Waals surface area contributed by atoms with E-state index in [0.717, 1.165) is 37.9 Å². The maximum Gasteiger partial charge on any atom is 0.316 e. The first-order valence-electron chi connectivity index (χ1n) is 9.79. The number of thioether (sulfide) groups is 2. The topological polar surface area (TPSA) is 119 Å². The molecule has 3 aromatic rings. The van der Waals surface area contributed by atoms with Crippen LogP contribution in [-0.4, -0.2) is 56.2 Å². The summed E-state index contributed by atoms with van der Waals surface area (Å²) in [6.45, 7) is 1.43. The third-order valence-electron chi connectivity index (χ3n) is 4.45. The van der Waals surface area contributed by atoms with Gasteiger partial charge in [0.15, 0.2) is 4.34 Å². The number of anilines is 2. The van der Waals surface area contributed by atoms with Crippen LogP contribution in [0, 0.1) is 6.92 Å². The SMILES string of the molecule is COC(=O)CSc1nnc(NC(=O)CN(c2ccc(C)cc2)S(=O)(=O)c2ccc(SC)cc2)s1.